The van der Waals surface area contributed by atoms with Crippen LogP contribution < -0.4 is 0 Å². The first-order valence-electron chi connectivity index (χ1n) is 7.57. The fraction of sp³-hybridized carbons (Fsp3) is 0.158. The summed E-state index contributed by atoms with van der Waals surface area (Å²) in [5, 5.41) is 12.0. The fourth-order valence-electron chi connectivity index (χ4n) is 2.84. The van der Waals surface area contributed by atoms with Crippen molar-refractivity contribution in [3.8, 4) is 0 Å². The van der Waals surface area contributed by atoms with Crippen molar-refractivity contribution in [1.82, 2.24) is 0 Å². The SMILES string of the molecule is Cc1ccc(C2=C(Cl)C(Cl)=C(c3cccc([N+](=O)[O-])c3)CC2)cc1. The zero-order valence-electron chi connectivity index (χ0n) is 13.1. The molecule has 0 radical (unpaired) electrons. The van der Waals surface area contributed by atoms with Gasteiger partial charge < -0.3 is 0 Å². The maximum absolute atomic E-state index is 11.0. The van der Waals surface area contributed by atoms with Crippen molar-refractivity contribution in [3.63, 3.8) is 0 Å². The van der Waals surface area contributed by atoms with Crippen molar-refractivity contribution >= 4 is 40.0 Å². The van der Waals surface area contributed by atoms with Gasteiger partial charge in [-0.25, -0.2) is 0 Å². The first-order chi connectivity index (χ1) is 11.5. The molecule has 2 aromatic rings. The summed E-state index contributed by atoms with van der Waals surface area (Å²) in [6.45, 7) is 2.04. The Hall–Kier alpha value is -2.10. The van der Waals surface area contributed by atoms with Crippen molar-refractivity contribution in [2.75, 3.05) is 0 Å². The quantitative estimate of drug-likeness (QED) is 0.476. The van der Waals surface area contributed by atoms with Gasteiger partial charge in [-0.2, -0.15) is 0 Å². The molecule has 5 heteroatoms. The number of hydrogen-bond acceptors (Lipinski definition) is 2. The van der Waals surface area contributed by atoms with E-state index in [-0.39, 0.29) is 5.69 Å². The number of nitro groups is 1. The molecule has 0 amide bonds. The second-order valence-corrected chi connectivity index (χ2v) is 6.51. The molecule has 0 heterocycles. The lowest BCUT2D eigenvalue weighted by molar-refractivity contribution is -0.384. The molecule has 3 nitrogen and oxygen atoms in total. The average Bonchev–Trinajstić information content (AvgIpc) is 2.58. The molecule has 0 saturated heterocycles. The van der Waals surface area contributed by atoms with Crippen LogP contribution in [0.3, 0.4) is 0 Å². The molecule has 0 bridgehead atoms. The summed E-state index contributed by atoms with van der Waals surface area (Å²) in [5.74, 6) is 0. The van der Waals surface area contributed by atoms with Gasteiger partial charge >= 0.3 is 0 Å². The molecule has 0 saturated carbocycles. The van der Waals surface area contributed by atoms with Gasteiger partial charge in [-0.3, -0.25) is 10.1 Å². The van der Waals surface area contributed by atoms with Crippen LogP contribution in [0.15, 0.2) is 58.6 Å². The molecule has 0 fully saturated rings. The third-order valence-electron chi connectivity index (χ3n) is 4.15. The molecular weight excluding hydrogens is 345 g/mol. The highest BCUT2D eigenvalue weighted by Crippen LogP contribution is 2.43. The summed E-state index contributed by atoms with van der Waals surface area (Å²) >= 11 is 13.0. The average molecular weight is 360 g/mol. The number of benzene rings is 2. The number of aryl methyl sites for hydroxylation is 1. The Morgan fingerprint density at radius 1 is 0.917 bits per heavy atom. The Labute approximate surface area is 150 Å². The molecule has 1 aliphatic rings. The minimum absolute atomic E-state index is 0.0499. The molecule has 0 aliphatic heterocycles. The number of nitro benzene ring substituents is 1. The zero-order valence-corrected chi connectivity index (χ0v) is 14.6. The molecule has 3 rings (SSSR count). The van der Waals surface area contributed by atoms with Gasteiger partial charge in [0.05, 0.1) is 15.0 Å². The van der Waals surface area contributed by atoms with Crippen LogP contribution in [-0.2, 0) is 0 Å². The second-order valence-electron chi connectivity index (χ2n) is 5.76. The molecule has 0 aromatic heterocycles. The van der Waals surface area contributed by atoms with Crippen LogP contribution in [0.25, 0.3) is 11.1 Å². The number of non-ortho nitro benzene ring substituents is 1. The standard InChI is InChI=1S/C19H15Cl2NO2/c1-12-5-7-13(8-6-12)16-9-10-17(19(21)18(16)20)14-3-2-4-15(11-14)22(23)24/h2-8,11H,9-10H2,1H3. The summed E-state index contributed by atoms with van der Waals surface area (Å²) < 4.78 is 0. The number of allylic oxidation sites excluding steroid dienone is 4. The molecule has 2 aromatic carbocycles. The summed E-state index contributed by atoms with van der Waals surface area (Å²) in [6, 6.07) is 14.7. The lowest BCUT2D eigenvalue weighted by Crippen LogP contribution is -2.00. The molecule has 0 unspecified atom stereocenters. The smallest absolute Gasteiger partial charge is 0.258 e. The molecular formula is C19H15Cl2NO2. The topological polar surface area (TPSA) is 43.1 Å². The number of nitrogens with zero attached hydrogens (tertiary/aromatic N) is 1. The lowest BCUT2D eigenvalue weighted by Gasteiger charge is -2.20. The van der Waals surface area contributed by atoms with Crippen LogP contribution in [-0.4, -0.2) is 4.92 Å². The van der Waals surface area contributed by atoms with Gasteiger partial charge in [-0.1, -0.05) is 65.2 Å². The van der Waals surface area contributed by atoms with E-state index in [9.17, 15) is 10.1 Å². The molecule has 122 valence electrons. The second kappa shape index (κ2) is 6.80. The van der Waals surface area contributed by atoms with Gasteiger partial charge in [0, 0.05) is 12.1 Å². The van der Waals surface area contributed by atoms with Crippen LogP contribution in [0, 0.1) is 17.0 Å². The number of halogens is 2. The van der Waals surface area contributed by atoms with Crippen LogP contribution in [0.5, 0.6) is 0 Å². The number of rotatable bonds is 3. The van der Waals surface area contributed by atoms with Gasteiger partial charge in [0.25, 0.3) is 5.69 Å². The van der Waals surface area contributed by atoms with Crippen molar-refractivity contribution in [3.05, 3.63) is 85.4 Å². The Kier molecular flexibility index (Phi) is 4.74. The molecule has 0 N–H and O–H groups in total. The van der Waals surface area contributed by atoms with E-state index in [1.807, 2.05) is 37.3 Å². The van der Waals surface area contributed by atoms with Gasteiger partial charge in [0.2, 0.25) is 0 Å². The first-order valence-corrected chi connectivity index (χ1v) is 8.32. The van der Waals surface area contributed by atoms with Crippen LogP contribution in [0.1, 0.15) is 29.5 Å². The largest absolute Gasteiger partial charge is 0.270 e. The summed E-state index contributed by atoms with van der Waals surface area (Å²) in [6.07, 6.45) is 1.44. The fourth-order valence-corrected chi connectivity index (χ4v) is 3.47. The van der Waals surface area contributed by atoms with Crippen LogP contribution >= 0.6 is 23.2 Å². The van der Waals surface area contributed by atoms with Gasteiger partial charge in [-0.15, -0.1) is 0 Å². The van der Waals surface area contributed by atoms with Crippen molar-refractivity contribution in [2.24, 2.45) is 0 Å². The van der Waals surface area contributed by atoms with Crippen molar-refractivity contribution in [1.29, 1.82) is 0 Å². The van der Waals surface area contributed by atoms with Crippen LogP contribution in [0.4, 0.5) is 5.69 Å². The molecule has 1 aliphatic carbocycles. The monoisotopic (exact) mass is 359 g/mol. The van der Waals surface area contributed by atoms with E-state index in [4.69, 9.17) is 23.2 Å². The van der Waals surface area contributed by atoms with Gasteiger partial charge in [-0.05, 0) is 42.0 Å². The first kappa shape index (κ1) is 16.7. The highest BCUT2D eigenvalue weighted by atomic mass is 35.5. The Balaban J connectivity index is 2.04. The van der Waals surface area contributed by atoms with Gasteiger partial charge in [0.15, 0.2) is 0 Å². The lowest BCUT2D eigenvalue weighted by atomic mass is 9.89. The van der Waals surface area contributed by atoms with E-state index in [0.29, 0.717) is 16.5 Å². The Morgan fingerprint density at radius 2 is 1.50 bits per heavy atom. The zero-order chi connectivity index (χ0) is 17.3. The van der Waals surface area contributed by atoms with Crippen LogP contribution in [0.2, 0.25) is 0 Å². The Bertz CT molecular complexity index is 867. The van der Waals surface area contributed by atoms with E-state index in [1.165, 1.54) is 11.6 Å². The summed E-state index contributed by atoms with van der Waals surface area (Å²) in [7, 11) is 0. The van der Waals surface area contributed by atoms with E-state index in [2.05, 4.69) is 0 Å². The molecule has 24 heavy (non-hydrogen) atoms. The minimum Gasteiger partial charge on any atom is -0.258 e. The predicted molar refractivity (Wildman–Crippen MR) is 99.1 cm³/mol. The molecule has 0 spiro atoms. The minimum atomic E-state index is -0.407. The predicted octanol–water partition coefficient (Wildman–Crippen LogP) is 6.30. The Morgan fingerprint density at radius 3 is 2.08 bits per heavy atom. The highest BCUT2D eigenvalue weighted by molar-refractivity contribution is 6.48. The van der Waals surface area contributed by atoms with E-state index in [1.54, 1.807) is 12.1 Å². The third kappa shape index (κ3) is 3.23. The molecule has 0 atom stereocenters. The van der Waals surface area contributed by atoms with Crippen molar-refractivity contribution < 1.29 is 4.92 Å². The highest BCUT2D eigenvalue weighted by Gasteiger charge is 2.22. The van der Waals surface area contributed by atoms with Gasteiger partial charge in [0.1, 0.15) is 0 Å². The number of hydrogen-bond donors (Lipinski definition) is 0. The maximum atomic E-state index is 11.0. The summed E-state index contributed by atoms with van der Waals surface area (Å²) in [4.78, 5) is 10.6. The van der Waals surface area contributed by atoms with Crippen molar-refractivity contribution in [2.45, 2.75) is 19.8 Å². The summed E-state index contributed by atoms with van der Waals surface area (Å²) in [5.41, 5.74) is 4.90. The maximum Gasteiger partial charge on any atom is 0.270 e. The van der Waals surface area contributed by atoms with E-state index in [0.717, 1.165) is 28.7 Å². The third-order valence-corrected chi connectivity index (χ3v) is 5.08. The van der Waals surface area contributed by atoms with E-state index < -0.39 is 4.92 Å². The normalized spacial score (nSPS) is 15.0. The van der Waals surface area contributed by atoms with E-state index >= 15 is 0 Å².